The topological polar surface area (TPSA) is 221 Å². The van der Waals surface area contributed by atoms with Gasteiger partial charge < -0.3 is 40.9 Å². The summed E-state index contributed by atoms with van der Waals surface area (Å²) in [5, 5.41) is 20.6. The van der Waals surface area contributed by atoms with Crippen molar-refractivity contribution < 1.29 is 10.0 Å². The zero-order valence-electron chi connectivity index (χ0n) is 49.6. The van der Waals surface area contributed by atoms with Crippen molar-refractivity contribution in [2.45, 2.75) is 81.1 Å². The average molecular weight is 1270 g/mol. The van der Waals surface area contributed by atoms with Crippen molar-refractivity contribution in [3.63, 3.8) is 0 Å². The van der Waals surface area contributed by atoms with Crippen LogP contribution in [0.5, 0.6) is 0 Å². The largest absolute Gasteiger partial charge is 0.499 e. The van der Waals surface area contributed by atoms with Gasteiger partial charge in [-0.3, -0.25) is 15.0 Å². The Balaban J connectivity index is 0.000000147. The summed E-state index contributed by atoms with van der Waals surface area (Å²) in [6.07, 6.45) is 18.3. The van der Waals surface area contributed by atoms with Gasteiger partial charge in [0.2, 0.25) is 0 Å². The number of aromatic nitrogens is 10. The van der Waals surface area contributed by atoms with Gasteiger partial charge in [0.15, 0.2) is 0 Å². The minimum atomic E-state index is -1.30. The SMILES string of the molecule is CCc1cc(-c2ccc(C)s2)ncc1N.CCc1cc(-c2ccc(C)s2)ncc1N(C)c1cc2c(cn1)ncn2C.CCc1cc(-c2ccc(C)s2)ncc1Nc1cc2c(cn1)ncn2C.CCc1cc(Br)ncc1N.Cc1ccc(B(O)O)s1. The molecule has 0 saturated heterocycles. The molecule has 12 rings (SSSR count). The number of fused-ring (bicyclic) bond motifs is 2. The molecule has 0 aliphatic carbocycles. The fourth-order valence-corrected chi connectivity index (χ4v) is 12.5. The predicted octanol–water partition coefficient (Wildman–Crippen LogP) is 14.4. The van der Waals surface area contributed by atoms with E-state index in [1.165, 1.54) is 57.3 Å². The van der Waals surface area contributed by atoms with E-state index in [9.17, 15) is 0 Å². The number of imidazole rings is 2. The van der Waals surface area contributed by atoms with Crippen LogP contribution in [0.15, 0.2) is 139 Å². The Morgan fingerprint density at radius 3 is 1.46 bits per heavy atom. The highest BCUT2D eigenvalue weighted by atomic mass is 79.9. The summed E-state index contributed by atoms with van der Waals surface area (Å²) >= 11 is 9.97. The average Bonchev–Trinajstić information content (AvgIpc) is 4.55. The van der Waals surface area contributed by atoms with E-state index in [1.807, 2.05) is 80.3 Å². The first-order chi connectivity index (χ1) is 40.8. The summed E-state index contributed by atoms with van der Waals surface area (Å²) in [7, 11) is 4.71. The molecule has 85 heavy (non-hydrogen) atoms. The van der Waals surface area contributed by atoms with E-state index in [1.54, 1.807) is 65.0 Å². The van der Waals surface area contributed by atoms with Crippen LogP contribution in [-0.2, 0) is 39.8 Å². The zero-order chi connectivity index (χ0) is 60.9. The van der Waals surface area contributed by atoms with Crippen LogP contribution in [-0.4, -0.2) is 73.2 Å². The van der Waals surface area contributed by atoms with E-state index < -0.39 is 7.12 Å². The number of thiophene rings is 4. The van der Waals surface area contributed by atoms with Crippen molar-refractivity contribution in [1.29, 1.82) is 0 Å². The first-order valence-electron chi connectivity index (χ1n) is 27.6. The van der Waals surface area contributed by atoms with Crippen LogP contribution in [0.2, 0.25) is 0 Å². The molecule has 0 aliphatic rings. The maximum atomic E-state index is 8.60. The van der Waals surface area contributed by atoms with Gasteiger partial charge in [-0.2, -0.15) is 0 Å². The van der Waals surface area contributed by atoms with E-state index in [4.69, 9.17) is 26.5 Å². The van der Waals surface area contributed by atoms with Crippen LogP contribution in [0.25, 0.3) is 53.8 Å². The Morgan fingerprint density at radius 2 is 0.976 bits per heavy atom. The van der Waals surface area contributed by atoms with Gasteiger partial charge in [0.1, 0.15) is 27.3 Å². The molecule has 7 N–H and O–H groups in total. The first kappa shape index (κ1) is 63.3. The van der Waals surface area contributed by atoms with Crippen molar-refractivity contribution in [2.24, 2.45) is 14.1 Å². The molecular formula is C63H70BBrN14O2S4. The van der Waals surface area contributed by atoms with E-state index in [2.05, 4.69) is 170 Å². The molecule has 12 aromatic rings. The van der Waals surface area contributed by atoms with Gasteiger partial charge in [0.25, 0.3) is 0 Å². The quantitative estimate of drug-likeness (QED) is 0.0568. The standard InChI is InChI=1S/C20H21N5S.C19H19N5S.C12H14N2S.C7H9BrN2.C5H7BO2S/c1-5-14-8-15(19-7-6-13(2)26-19)21-11-18(14)25(4)20-9-17-16(10-22-20)23-12-24(17)3;1-4-13-7-14(18-6-5-12(2)25-18)20-9-15(13)23-19-8-17-16(10-21-19)22-11-24(17)3;1-3-9-6-11(14-7-10(9)13)12-5-4-8(2)15-12;1-2-5-3-7(8)10-4-6(5)9;1-4-2-3-5(9-4)6(7)8/h6-12H,5H2,1-4H3;5-11H,4H2,1-3H3,(H,21,23);4-7H,3,13H2,1-2H3;3-4H,2,9H2,1H3;2-3,7-8H,1H3. The number of nitrogens with one attached hydrogen (secondary N) is 1. The molecule has 0 radical (unpaired) electrons. The smallest absolute Gasteiger partial charge is 0.423 e. The van der Waals surface area contributed by atoms with E-state index in [0.29, 0.717) is 4.78 Å². The van der Waals surface area contributed by atoms with Crippen molar-refractivity contribution in [1.82, 2.24) is 49.0 Å². The highest BCUT2D eigenvalue weighted by Gasteiger charge is 2.16. The Labute approximate surface area is 521 Å². The Morgan fingerprint density at radius 1 is 0.518 bits per heavy atom. The van der Waals surface area contributed by atoms with Gasteiger partial charge in [-0.25, -0.2) is 24.9 Å². The lowest BCUT2D eigenvalue weighted by molar-refractivity contribution is 0.427. The number of nitrogen functional groups attached to an aromatic ring is 2. The maximum Gasteiger partial charge on any atom is 0.499 e. The summed E-state index contributed by atoms with van der Waals surface area (Å²) in [4.78, 5) is 46.1. The number of hydrogen-bond donors (Lipinski definition) is 5. The minimum Gasteiger partial charge on any atom is -0.423 e. The van der Waals surface area contributed by atoms with E-state index in [0.717, 1.165) is 114 Å². The molecule has 0 unspecified atom stereocenters. The van der Waals surface area contributed by atoms with Crippen molar-refractivity contribution in [2.75, 3.05) is 28.7 Å². The van der Waals surface area contributed by atoms with Crippen LogP contribution >= 0.6 is 61.3 Å². The van der Waals surface area contributed by atoms with Gasteiger partial charge in [0.05, 0.1) is 115 Å². The fraction of sp³-hybridized carbons (Fsp3) is 0.238. The lowest BCUT2D eigenvalue weighted by Crippen LogP contribution is -2.26. The second-order valence-corrected chi connectivity index (χ2v) is 25.8. The van der Waals surface area contributed by atoms with Gasteiger partial charge in [-0.05, 0) is 158 Å². The number of aryl methyl sites for hydroxylation is 10. The number of nitrogens with two attached hydrogens (primary N) is 2. The second kappa shape index (κ2) is 29.4. The summed E-state index contributed by atoms with van der Waals surface area (Å²) in [5.41, 5.74) is 26.9. The summed E-state index contributed by atoms with van der Waals surface area (Å²) < 4.78 is 5.45. The summed E-state index contributed by atoms with van der Waals surface area (Å²) in [6, 6.07) is 28.8. The fourth-order valence-electron chi connectivity index (χ4n) is 8.85. The van der Waals surface area contributed by atoms with Crippen LogP contribution in [0.1, 0.15) is 69.5 Å². The third-order valence-electron chi connectivity index (χ3n) is 13.7. The molecule has 0 aromatic carbocycles. The molecular weight excluding hydrogens is 1200 g/mol. The molecule has 0 saturated carbocycles. The molecule has 12 heterocycles. The molecule has 438 valence electrons. The van der Waals surface area contributed by atoms with E-state index in [-0.39, 0.29) is 0 Å². The third kappa shape index (κ3) is 16.4. The lowest BCUT2D eigenvalue weighted by Gasteiger charge is -2.21. The Kier molecular flexibility index (Phi) is 21.9. The molecule has 12 aromatic heterocycles. The second-order valence-electron chi connectivity index (χ2n) is 19.9. The Bertz CT molecular complexity index is 4170. The molecule has 0 aliphatic heterocycles. The molecule has 0 fully saturated rings. The number of hydrogen-bond acceptors (Lipinski definition) is 18. The highest BCUT2D eigenvalue weighted by Crippen LogP contribution is 2.34. The van der Waals surface area contributed by atoms with Crippen LogP contribution in [0.3, 0.4) is 0 Å². The number of anilines is 6. The van der Waals surface area contributed by atoms with Crippen LogP contribution < -0.4 is 26.5 Å². The molecule has 0 spiro atoms. The third-order valence-corrected chi connectivity index (χ3v) is 18.2. The lowest BCUT2D eigenvalue weighted by atomic mass is 9.90. The monoisotopic (exact) mass is 1270 g/mol. The summed E-state index contributed by atoms with van der Waals surface area (Å²) in [5.74, 6) is 1.68. The molecule has 16 nitrogen and oxygen atoms in total. The van der Waals surface area contributed by atoms with Gasteiger partial charge in [0, 0.05) is 57.6 Å². The maximum absolute atomic E-state index is 8.60. The molecule has 0 atom stereocenters. The normalized spacial score (nSPS) is 10.8. The van der Waals surface area contributed by atoms with Crippen molar-refractivity contribution >= 4 is 130 Å². The van der Waals surface area contributed by atoms with Crippen LogP contribution in [0.4, 0.5) is 34.4 Å². The number of rotatable bonds is 12. The Hall–Kier alpha value is -7.70. The number of pyridine rings is 6. The summed E-state index contributed by atoms with van der Waals surface area (Å²) in [6.45, 7) is 16.8. The number of nitrogens with zero attached hydrogens (tertiary/aromatic N) is 11. The highest BCUT2D eigenvalue weighted by molar-refractivity contribution is 9.10. The number of halogens is 1. The van der Waals surface area contributed by atoms with Gasteiger partial charge in [-0.1, -0.05) is 33.8 Å². The molecule has 22 heteroatoms. The predicted molar refractivity (Wildman–Crippen MR) is 362 cm³/mol. The van der Waals surface area contributed by atoms with Crippen LogP contribution in [0, 0.1) is 27.7 Å². The molecule has 0 amide bonds. The van der Waals surface area contributed by atoms with Gasteiger partial charge in [-0.15, -0.1) is 45.3 Å². The van der Waals surface area contributed by atoms with E-state index >= 15 is 0 Å². The van der Waals surface area contributed by atoms with Crippen molar-refractivity contribution in [3.05, 3.63) is 181 Å². The molecule has 0 bridgehead atoms. The van der Waals surface area contributed by atoms with Crippen molar-refractivity contribution in [3.8, 4) is 31.7 Å². The zero-order valence-corrected chi connectivity index (χ0v) is 54.4. The first-order valence-corrected chi connectivity index (χ1v) is 31.7. The minimum absolute atomic E-state index is 0.604. The van der Waals surface area contributed by atoms with Gasteiger partial charge >= 0.3 is 7.12 Å².